The van der Waals surface area contributed by atoms with Gasteiger partial charge >= 0.3 is 0 Å². The van der Waals surface area contributed by atoms with Gasteiger partial charge in [-0.25, -0.2) is 0 Å². The number of hydrogen-bond donors (Lipinski definition) is 0. The molecule has 0 aliphatic heterocycles. The van der Waals surface area contributed by atoms with Crippen LogP contribution < -0.4 is 0 Å². The zero-order valence-electron chi connectivity index (χ0n) is 30.7. The molecule has 0 aliphatic carbocycles. The lowest BCUT2D eigenvalue weighted by molar-refractivity contribution is 1.17. The number of para-hydroxylation sites is 4. The number of nitrogens with zero attached hydrogens (tertiary/aromatic N) is 2. The van der Waals surface area contributed by atoms with E-state index in [4.69, 9.17) is 0 Å². The van der Waals surface area contributed by atoms with Gasteiger partial charge in [-0.1, -0.05) is 170 Å². The van der Waals surface area contributed by atoms with Gasteiger partial charge in [0, 0.05) is 38.4 Å². The molecule has 11 aromatic rings. The lowest BCUT2D eigenvalue weighted by Gasteiger charge is -2.20. The fourth-order valence-corrected chi connectivity index (χ4v) is 8.79. The molecular formula is C54H36N2. The molecule has 0 amide bonds. The van der Waals surface area contributed by atoms with Crippen molar-refractivity contribution in [2.45, 2.75) is 0 Å². The van der Waals surface area contributed by atoms with Crippen LogP contribution in [-0.2, 0) is 0 Å². The quantitative estimate of drug-likeness (QED) is 0.162. The fourth-order valence-electron chi connectivity index (χ4n) is 8.79. The highest BCUT2D eigenvalue weighted by Crippen LogP contribution is 2.43. The average Bonchev–Trinajstić information content (AvgIpc) is 3.79. The topological polar surface area (TPSA) is 9.86 Å². The third-order valence-electron chi connectivity index (χ3n) is 11.3. The Morgan fingerprint density at radius 1 is 0.232 bits per heavy atom. The molecule has 11 rings (SSSR count). The Balaban J connectivity index is 1.20. The van der Waals surface area contributed by atoms with Crippen molar-refractivity contribution >= 4 is 43.6 Å². The number of aromatic nitrogens is 2. The first-order chi connectivity index (χ1) is 27.8. The predicted molar refractivity (Wildman–Crippen MR) is 237 cm³/mol. The van der Waals surface area contributed by atoms with E-state index in [1.165, 1.54) is 93.8 Å². The van der Waals surface area contributed by atoms with E-state index in [0.717, 1.165) is 5.69 Å². The molecule has 2 heteroatoms. The van der Waals surface area contributed by atoms with Gasteiger partial charge in [0.05, 0.1) is 27.8 Å². The van der Waals surface area contributed by atoms with Crippen molar-refractivity contribution in [2.75, 3.05) is 0 Å². The number of hydrogen-bond acceptors (Lipinski definition) is 0. The SMILES string of the molecule is c1ccc(-c2cccc(-c3cccc(-c4cccc(-c5ccccc5)c4)c3-n3c4ccccc4c4cc(-n5c6ccccc6c6ccccc65)ccc43)c2)cc1. The van der Waals surface area contributed by atoms with E-state index in [1.807, 2.05) is 0 Å². The normalized spacial score (nSPS) is 11.6. The van der Waals surface area contributed by atoms with Crippen molar-refractivity contribution in [2.24, 2.45) is 0 Å². The second kappa shape index (κ2) is 13.2. The summed E-state index contributed by atoms with van der Waals surface area (Å²) in [7, 11) is 0. The third kappa shape index (κ3) is 5.19. The molecule has 9 aromatic carbocycles. The van der Waals surface area contributed by atoms with Gasteiger partial charge in [-0.2, -0.15) is 0 Å². The molecule has 2 heterocycles. The Kier molecular flexibility index (Phi) is 7.53. The summed E-state index contributed by atoms with van der Waals surface area (Å²) in [6.07, 6.45) is 0. The van der Waals surface area contributed by atoms with Crippen LogP contribution in [0.25, 0.3) is 99.5 Å². The molecule has 0 N–H and O–H groups in total. The Bertz CT molecular complexity index is 3080. The van der Waals surface area contributed by atoms with E-state index >= 15 is 0 Å². The van der Waals surface area contributed by atoms with Gasteiger partial charge in [0.15, 0.2) is 0 Å². The third-order valence-corrected chi connectivity index (χ3v) is 11.3. The molecule has 0 atom stereocenters. The summed E-state index contributed by atoms with van der Waals surface area (Å²) in [5, 5.41) is 4.97. The van der Waals surface area contributed by atoms with E-state index in [0.29, 0.717) is 0 Å². The minimum atomic E-state index is 1.15. The predicted octanol–water partition coefficient (Wildman–Crippen LogP) is 14.5. The van der Waals surface area contributed by atoms with E-state index in [-0.39, 0.29) is 0 Å². The van der Waals surface area contributed by atoms with Crippen molar-refractivity contribution in [1.29, 1.82) is 0 Å². The van der Waals surface area contributed by atoms with Crippen LogP contribution >= 0.6 is 0 Å². The van der Waals surface area contributed by atoms with Crippen molar-refractivity contribution in [1.82, 2.24) is 9.13 Å². The molecule has 0 aliphatic rings. The molecule has 0 radical (unpaired) electrons. The lowest BCUT2D eigenvalue weighted by atomic mass is 9.92. The van der Waals surface area contributed by atoms with Gasteiger partial charge in [0.1, 0.15) is 0 Å². The monoisotopic (exact) mass is 712 g/mol. The van der Waals surface area contributed by atoms with Gasteiger partial charge < -0.3 is 9.13 Å². The minimum Gasteiger partial charge on any atom is -0.309 e. The molecule has 0 unspecified atom stereocenters. The summed E-state index contributed by atoms with van der Waals surface area (Å²) in [4.78, 5) is 0. The Labute approximate surface area is 325 Å². The summed E-state index contributed by atoms with van der Waals surface area (Å²) in [5.41, 5.74) is 16.6. The first-order valence-electron chi connectivity index (χ1n) is 19.3. The second-order valence-corrected chi connectivity index (χ2v) is 14.5. The molecule has 0 fully saturated rings. The maximum Gasteiger partial charge on any atom is 0.0618 e. The number of benzene rings is 9. The van der Waals surface area contributed by atoms with Gasteiger partial charge in [-0.15, -0.1) is 0 Å². The highest BCUT2D eigenvalue weighted by Gasteiger charge is 2.21. The van der Waals surface area contributed by atoms with E-state index < -0.39 is 0 Å². The zero-order valence-corrected chi connectivity index (χ0v) is 30.7. The van der Waals surface area contributed by atoms with E-state index in [9.17, 15) is 0 Å². The first kappa shape index (κ1) is 32.0. The van der Waals surface area contributed by atoms with Crippen LogP contribution in [0.2, 0.25) is 0 Å². The van der Waals surface area contributed by atoms with Crippen LogP contribution in [0.5, 0.6) is 0 Å². The number of rotatable bonds is 6. The first-order valence-corrected chi connectivity index (χ1v) is 19.3. The molecule has 0 saturated heterocycles. The Morgan fingerprint density at radius 2 is 0.625 bits per heavy atom. The van der Waals surface area contributed by atoms with Crippen LogP contribution in [0.15, 0.2) is 218 Å². The van der Waals surface area contributed by atoms with Gasteiger partial charge in [-0.05, 0) is 81.9 Å². The largest absolute Gasteiger partial charge is 0.309 e. The maximum absolute atomic E-state index is 2.51. The van der Waals surface area contributed by atoms with Gasteiger partial charge in [-0.3, -0.25) is 0 Å². The summed E-state index contributed by atoms with van der Waals surface area (Å²) in [6.45, 7) is 0. The maximum atomic E-state index is 2.51. The van der Waals surface area contributed by atoms with Crippen molar-refractivity contribution < 1.29 is 0 Å². The standard InChI is InChI=1S/C54H36N2/c1-3-16-37(17-4-1)39-20-13-22-41(34-39)44-27-15-28-45(42-23-14-21-40(35-42)38-18-5-2-6-19-38)54(44)56-52-31-12-9-26-48(52)49-36-43(32-33-53(49)56)55-50-29-10-7-24-46(50)47-25-8-11-30-51(47)55/h1-36H. The second-order valence-electron chi connectivity index (χ2n) is 14.5. The fraction of sp³-hybridized carbons (Fsp3) is 0. The minimum absolute atomic E-state index is 1.15. The van der Waals surface area contributed by atoms with Crippen molar-refractivity contribution in [3.63, 3.8) is 0 Å². The molecule has 0 saturated carbocycles. The highest BCUT2D eigenvalue weighted by atomic mass is 15.0. The highest BCUT2D eigenvalue weighted by molar-refractivity contribution is 6.13. The van der Waals surface area contributed by atoms with Crippen molar-refractivity contribution in [3.8, 4) is 55.9 Å². The smallest absolute Gasteiger partial charge is 0.0618 e. The summed E-state index contributed by atoms with van der Waals surface area (Å²) < 4.78 is 4.93. The summed E-state index contributed by atoms with van der Waals surface area (Å²) >= 11 is 0. The average molecular weight is 713 g/mol. The molecule has 2 nitrogen and oxygen atoms in total. The van der Waals surface area contributed by atoms with Crippen molar-refractivity contribution in [3.05, 3.63) is 218 Å². The lowest BCUT2D eigenvalue weighted by Crippen LogP contribution is -2.01. The summed E-state index contributed by atoms with van der Waals surface area (Å²) in [5.74, 6) is 0. The molecule has 0 bridgehead atoms. The summed E-state index contributed by atoms with van der Waals surface area (Å²) in [6, 6.07) is 79.5. The van der Waals surface area contributed by atoms with Crippen LogP contribution in [0.4, 0.5) is 0 Å². The molecule has 0 spiro atoms. The van der Waals surface area contributed by atoms with Gasteiger partial charge in [0.25, 0.3) is 0 Å². The molecular weight excluding hydrogens is 677 g/mol. The number of fused-ring (bicyclic) bond motifs is 6. The molecule has 2 aromatic heterocycles. The van der Waals surface area contributed by atoms with Gasteiger partial charge in [0.2, 0.25) is 0 Å². The molecule has 56 heavy (non-hydrogen) atoms. The zero-order chi connectivity index (χ0) is 37.0. The van der Waals surface area contributed by atoms with E-state index in [2.05, 4.69) is 228 Å². The van der Waals surface area contributed by atoms with E-state index in [1.54, 1.807) is 0 Å². The Hall–Kier alpha value is -7.42. The van der Waals surface area contributed by atoms with Crippen LogP contribution in [0.3, 0.4) is 0 Å². The Morgan fingerprint density at radius 3 is 1.16 bits per heavy atom. The van der Waals surface area contributed by atoms with Crippen LogP contribution in [-0.4, -0.2) is 9.13 Å². The molecule has 262 valence electrons. The van der Waals surface area contributed by atoms with Crippen LogP contribution in [0, 0.1) is 0 Å². The van der Waals surface area contributed by atoms with Crippen LogP contribution in [0.1, 0.15) is 0 Å².